The number of hydrogen-bond acceptors (Lipinski definition) is 3. The molecule has 1 aromatic rings. The van der Waals surface area contributed by atoms with Crippen LogP contribution < -0.4 is 10.2 Å². The molecule has 1 aliphatic carbocycles. The fraction of sp³-hybridized carbons (Fsp3) is 0.625. The van der Waals surface area contributed by atoms with E-state index in [1.807, 2.05) is 0 Å². The van der Waals surface area contributed by atoms with Crippen LogP contribution in [0.5, 0.6) is 0 Å². The number of benzene rings is 1. The number of rotatable bonds is 4. The van der Waals surface area contributed by atoms with Crippen molar-refractivity contribution in [1.29, 1.82) is 0 Å². The van der Waals surface area contributed by atoms with Gasteiger partial charge in [-0.25, -0.2) is 0 Å². The predicted molar refractivity (Wildman–Crippen MR) is 76.4 cm³/mol. The molecule has 2 saturated heterocycles. The number of hydrogen-bond donors (Lipinski definition) is 1. The minimum Gasteiger partial charge on any atom is -0.371 e. The highest BCUT2D eigenvalue weighted by atomic mass is 16.5. The smallest absolute Gasteiger partial charge is 0.0755 e. The lowest BCUT2D eigenvalue weighted by molar-refractivity contribution is 0.0305. The van der Waals surface area contributed by atoms with E-state index in [4.69, 9.17) is 4.74 Å². The second-order valence-corrected chi connectivity index (χ2v) is 6.18. The molecule has 2 aliphatic heterocycles. The quantitative estimate of drug-likeness (QED) is 0.897. The van der Waals surface area contributed by atoms with Crippen LogP contribution in [-0.4, -0.2) is 31.3 Å². The zero-order valence-electron chi connectivity index (χ0n) is 11.3. The van der Waals surface area contributed by atoms with Gasteiger partial charge in [-0.05, 0) is 43.4 Å². The Morgan fingerprint density at radius 1 is 1.00 bits per heavy atom. The summed E-state index contributed by atoms with van der Waals surface area (Å²) in [4.78, 5) is 2.49. The molecule has 19 heavy (non-hydrogen) atoms. The van der Waals surface area contributed by atoms with E-state index in [1.165, 1.54) is 36.9 Å². The van der Waals surface area contributed by atoms with Crippen LogP contribution >= 0.6 is 0 Å². The Hall–Kier alpha value is -1.06. The lowest BCUT2D eigenvalue weighted by Gasteiger charge is -2.34. The Bertz CT molecular complexity index is 429. The van der Waals surface area contributed by atoms with E-state index in [0.29, 0.717) is 12.2 Å². The minimum atomic E-state index is 0.468. The minimum absolute atomic E-state index is 0.468. The van der Waals surface area contributed by atoms with Crippen LogP contribution in [0.4, 0.5) is 5.69 Å². The molecule has 102 valence electrons. The Labute approximate surface area is 114 Å². The van der Waals surface area contributed by atoms with Crippen LogP contribution in [0.15, 0.2) is 24.3 Å². The summed E-state index contributed by atoms with van der Waals surface area (Å²) in [7, 11) is 0. The van der Waals surface area contributed by atoms with Crippen molar-refractivity contribution in [2.75, 3.05) is 18.0 Å². The molecular weight excluding hydrogens is 236 g/mol. The summed E-state index contributed by atoms with van der Waals surface area (Å²) in [6.07, 6.45) is 6.13. The van der Waals surface area contributed by atoms with E-state index < -0.39 is 0 Å². The van der Waals surface area contributed by atoms with Crippen LogP contribution in [0, 0.1) is 0 Å². The summed E-state index contributed by atoms with van der Waals surface area (Å²) in [6, 6.07) is 9.86. The van der Waals surface area contributed by atoms with E-state index in [9.17, 15) is 0 Å². The van der Waals surface area contributed by atoms with E-state index >= 15 is 0 Å². The zero-order valence-corrected chi connectivity index (χ0v) is 11.3. The summed E-state index contributed by atoms with van der Waals surface area (Å²) in [6.45, 7) is 3.14. The molecule has 0 amide bonds. The van der Waals surface area contributed by atoms with Gasteiger partial charge in [0.15, 0.2) is 0 Å². The molecule has 0 radical (unpaired) electrons. The summed E-state index contributed by atoms with van der Waals surface area (Å²) in [5.41, 5.74) is 2.75. The zero-order chi connectivity index (χ0) is 12.7. The molecule has 3 nitrogen and oxygen atoms in total. The molecular formula is C16H22N2O. The van der Waals surface area contributed by atoms with Gasteiger partial charge in [-0.3, -0.25) is 0 Å². The maximum absolute atomic E-state index is 5.89. The maximum atomic E-state index is 5.89. The Morgan fingerprint density at radius 2 is 1.68 bits per heavy atom. The molecule has 0 aromatic heterocycles. The molecule has 3 fully saturated rings. The average Bonchev–Trinajstić information content (AvgIpc) is 3.22. The summed E-state index contributed by atoms with van der Waals surface area (Å²) in [5.74, 6) is 0. The van der Waals surface area contributed by atoms with E-state index in [-0.39, 0.29) is 0 Å². The highest BCUT2D eigenvalue weighted by Crippen LogP contribution is 2.29. The molecule has 3 aliphatic rings. The van der Waals surface area contributed by atoms with Crippen molar-refractivity contribution < 1.29 is 4.74 Å². The first-order valence-electron chi connectivity index (χ1n) is 7.59. The van der Waals surface area contributed by atoms with Gasteiger partial charge in [0.1, 0.15) is 0 Å². The third-order valence-electron chi connectivity index (χ3n) is 4.52. The topological polar surface area (TPSA) is 24.5 Å². The number of nitrogens with zero attached hydrogens (tertiary/aromatic N) is 1. The van der Waals surface area contributed by atoms with Crippen molar-refractivity contribution in [3.05, 3.63) is 29.8 Å². The van der Waals surface area contributed by atoms with Crippen molar-refractivity contribution in [3.63, 3.8) is 0 Å². The van der Waals surface area contributed by atoms with Crippen LogP contribution in [0.2, 0.25) is 0 Å². The summed E-state index contributed by atoms with van der Waals surface area (Å²) >= 11 is 0. The van der Waals surface area contributed by atoms with Gasteiger partial charge in [0.2, 0.25) is 0 Å². The highest BCUT2D eigenvalue weighted by molar-refractivity contribution is 5.48. The number of fused-ring (bicyclic) bond motifs is 2. The van der Waals surface area contributed by atoms with Crippen molar-refractivity contribution in [3.8, 4) is 0 Å². The van der Waals surface area contributed by atoms with Crippen molar-refractivity contribution >= 4 is 5.69 Å². The highest BCUT2D eigenvalue weighted by Gasteiger charge is 2.33. The van der Waals surface area contributed by atoms with Gasteiger partial charge in [0, 0.05) is 31.4 Å². The first-order valence-corrected chi connectivity index (χ1v) is 7.59. The fourth-order valence-corrected chi connectivity index (χ4v) is 3.20. The number of morpholine rings is 1. The van der Waals surface area contributed by atoms with Crippen LogP contribution in [0.25, 0.3) is 0 Å². The van der Waals surface area contributed by atoms with Gasteiger partial charge in [-0.2, -0.15) is 0 Å². The first kappa shape index (κ1) is 11.7. The molecule has 0 spiro atoms. The molecule has 1 saturated carbocycles. The van der Waals surface area contributed by atoms with Crippen LogP contribution in [0.3, 0.4) is 0 Å². The second-order valence-electron chi connectivity index (χ2n) is 6.18. The van der Waals surface area contributed by atoms with Crippen molar-refractivity contribution in [1.82, 2.24) is 5.32 Å². The predicted octanol–water partition coefficient (Wildman–Crippen LogP) is 2.31. The number of anilines is 1. The lowest BCUT2D eigenvalue weighted by atomic mass is 10.1. The van der Waals surface area contributed by atoms with Crippen molar-refractivity contribution in [2.45, 2.75) is 50.5 Å². The van der Waals surface area contributed by atoms with E-state index in [1.54, 1.807) is 0 Å². The number of ether oxygens (including phenoxy) is 1. The first-order chi connectivity index (χ1) is 9.37. The molecule has 2 bridgehead atoms. The van der Waals surface area contributed by atoms with Gasteiger partial charge in [0.05, 0.1) is 12.2 Å². The molecule has 2 unspecified atom stereocenters. The van der Waals surface area contributed by atoms with E-state index in [2.05, 4.69) is 34.5 Å². The SMILES string of the molecule is c1cc(N2CC3CCC(C2)O3)ccc1CNC1CC1. The average molecular weight is 258 g/mol. The Morgan fingerprint density at radius 3 is 2.32 bits per heavy atom. The molecule has 4 rings (SSSR count). The monoisotopic (exact) mass is 258 g/mol. The van der Waals surface area contributed by atoms with E-state index in [0.717, 1.165) is 25.7 Å². The normalized spacial score (nSPS) is 29.8. The maximum Gasteiger partial charge on any atom is 0.0755 e. The third kappa shape index (κ3) is 2.63. The Kier molecular flexibility index (Phi) is 2.97. The second kappa shape index (κ2) is 4.80. The molecule has 1 N–H and O–H groups in total. The molecule has 1 aromatic carbocycles. The van der Waals surface area contributed by atoms with Crippen molar-refractivity contribution in [2.24, 2.45) is 0 Å². The van der Waals surface area contributed by atoms with Gasteiger partial charge in [0.25, 0.3) is 0 Å². The molecule has 2 atom stereocenters. The van der Waals surface area contributed by atoms with Gasteiger partial charge in [-0.15, -0.1) is 0 Å². The van der Waals surface area contributed by atoms with Gasteiger partial charge >= 0.3 is 0 Å². The van der Waals surface area contributed by atoms with Crippen LogP contribution in [-0.2, 0) is 11.3 Å². The summed E-state index contributed by atoms with van der Waals surface area (Å²) in [5, 5.41) is 3.56. The largest absolute Gasteiger partial charge is 0.371 e. The lowest BCUT2D eigenvalue weighted by Crippen LogP contribution is -2.42. The van der Waals surface area contributed by atoms with Gasteiger partial charge < -0.3 is 15.0 Å². The Balaban J connectivity index is 1.40. The third-order valence-corrected chi connectivity index (χ3v) is 4.52. The van der Waals surface area contributed by atoms with Crippen LogP contribution in [0.1, 0.15) is 31.2 Å². The molecule has 2 heterocycles. The summed E-state index contributed by atoms with van der Waals surface area (Å²) < 4.78 is 5.89. The standard InChI is InChI=1S/C16H22N2O/c1-5-14(6-2-12(1)9-17-13-3-4-13)18-10-15-7-8-16(11-18)19-15/h1-2,5-6,13,15-17H,3-4,7-11H2. The van der Waals surface area contributed by atoms with Gasteiger partial charge in [-0.1, -0.05) is 12.1 Å². The number of nitrogens with one attached hydrogen (secondary N) is 1. The fourth-order valence-electron chi connectivity index (χ4n) is 3.20. The molecule has 3 heteroatoms.